The van der Waals surface area contributed by atoms with E-state index < -0.39 is 4.92 Å². The van der Waals surface area contributed by atoms with Gasteiger partial charge in [-0.25, -0.2) is 4.98 Å². The van der Waals surface area contributed by atoms with E-state index in [-0.39, 0.29) is 28.5 Å². The van der Waals surface area contributed by atoms with E-state index in [0.29, 0.717) is 0 Å². The minimum Gasteiger partial charge on any atom is -0.305 e. The molecule has 18 heavy (non-hydrogen) atoms. The van der Waals surface area contributed by atoms with Gasteiger partial charge in [0.25, 0.3) is 0 Å². The normalized spacial score (nSPS) is 15.6. The van der Waals surface area contributed by atoms with Gasteiger partial charge >= 0.3 is 5.69 Å². The molecule has 1 N–H and O–H groups in total. The van der Waals surface area contributed by atoms with Crippen LogP contribution in [0.25, 0.3) is 0 Å². The van der Waals surface area contributed by atoms with Crippen molar-refractivity contribution in [2.75, 3.05) is 5.32 Å². The molecule has 2 rings (SSSR count). The van der Waals surface area contributed by atoms with E-state index in [1.54, 1.807) is 0 Å². The van der Waals surface area contributed by atoms with Gasteiger partial charge in [-0.05, 0) is 18.9 Å². The van der Waals surface area contributed by atoms with Crippen molar-refractivity contribution in [3.05, 3.63) is 27.4 Å². The number of hydrogen-bond acceptors (Lipinski definition) is 4. The van der Waals surface area contributed by atoms with Gasteiger partial charge in [0.2, 0.25) is 11.7 Å². The standard InChI is InChI=1S/C11H12ClN3O3/c12-9-6-5-8(15(17)18)10(13-9)14-11(16)7-3-1-2-4-7/h5-7H,1-4H2,(H,13,14,16). The fourth-order valence-electron chi connectivity index (χ4n) is 2.07. The first-order valence-electron chi connectivity index (χ1n) is 5.69. The van der Waals surface area contributed by atoms with Crippen LogP contribution in [0.3, 0.4) is 0 Å². The van der Waals surface area contributed by atoms with E-state index in [2.05, 4.69) is 10.3 Å². The molecule has 96 valence electrons. The van der Waals surface area contributed by atoms with Gasteiger partial charge in [0.15, 0.2) is 0 Å². The summed E-state index contributed by atoms with van der Waals surface area (Å²) >= 11 is 5.68. The predicted octanol–water partition coefficient (Wildman–Crippen LogP) is 2.77. The topological polar surface area (TPSA) is 85.1 Å². The van der Waals surface area contributed by atoms with Crippen LogP contribution in [-0.4, -0.2) is 15.8 Å². The maximum absolute atomic E-state index is 11.9. The van der Waals surface area contributed by atoms with E-state index in [9.17, 15) is 14.9 Å². The van der Waals surface area contributed by atoms with Gasteiger partial charge in [0.1, 0.15) is 5.15 Å². The van der Waals surface area contributed by atoms with Crippen molar-refractivity contribution < 1.29 is 9.72 Å². The predicted molar refractivity (Wildman–Crippen MR) is 66.5 cm³/mol. The van der Waals surface area contributed by atoms with Crippen LogP contribution >= 0.6 is 11.6 Å². The molecule has 0 radical (unpaired) electrons. The van der Waals surface area contributed by atoms with E-state index in [1.165, 1.54) is 12.1 Å². The molecule has 1 aromatic rings. The van der Waals surface area contributed by atoms with Crippen molar-refractivity contribution in [3.63, 3.8) is 0 Å². The third kappa shape index (κ3) is 2.76. The number of carbonyl (C=O) groups is 1. The lowest BCUT2D eigenvalue weighted by Crippen LogP contribution is -2.21. The second-order valence-corrected chi connectivity index (χ2v) is 4.62. The van der Waals surface area contributed by atoms with Crippen molar-refractivity contribution in [1.82, 2.24) is 4.98 Å². The quantitative estimate of drug-likeness (QED) is 0.519. The second kappa shape index (κ2) is 5.30. The summed E-state index contributed by atoms with van der Waals surface area (Å²) < 4.78 is 0. The summed E-state index contributed by atoms with van der Waals surface area (Å²) in [6, 6.07) is 2.56. The van der Waals surface area contributed by atoms with E-state index in [4.69, 9.17) is 11.6 Å². The number of halogens is 1. The Morgan fingerprint density at radius 2 is 2.11 bits per heavy atom. The summed E-state index contributed by atoms with van der Waals surface area (Å²) in [6.45, 7) is 0. The first-order chi connectivity index (χ1) is 8.58. The van der Waals surface area contributed by atoms with Gasteiger partial charge in [-0.2, -0.15) is 0 Å². The van der Waals surface area contributed by atoms with Gasteiger partial charge in [-0.15, -0.1) is 0 Å². The maximum atomic E-state index is 11.9. The summed E-state index contributed by atoms with van der Waals surface area (Å²) in [5.41, 5.74) is -0.245. The van der Waals surface area contributed by atoms with Crippen molar-refractivity contribution >= 4 is 29.0 Å². The molecule has 1 aliphatic rings. The third-order valence-corrected chi connectivity index (χ3v) is 3.21. The molecule has 0 saturated heterocycles. The van der Waals surface area contributed by atoms with Gasteiger partial charge < -0.3 is 5.32 Å². The highest BCUT2D eigenvalue weighted by molar-refractivity contribution is 6.29. The number of carbonyl (C=O) groups excluding carboxylic acids is 1. The van der Waals surface area contributed by atoms with E-state index in [1.807, 2.05) is 0 Å². The van der Waals surface area contributed by atoms with Gasteiger partial charge in [-0.3, -0.25) is 14.9 Å². The fraction of sp³-hybridized carbons (Fsp3) is 0.455. The number of anilines is 1. The lowest BCUT2D eigenvalue weighted by Gasteiger charge is -2.09. The molecule has 0 unspecified atom stereocenters. The van der Waals surface area contributed by atoms with Gasteiger partial charge in [0, 0.05) is 12.0 Å². The molecule has 1 aromatic heterocycles. The SMILES string of the molecule is O=C(Nc1nc(Cl)ccc1[N+](=O)[O-])C1CCCC1. The minimum atomic E-state index is -0.590. The number of pyridine rings is 1. The second-order valence-electron chi connectivity index (χ2n) is 4.23. The summed E-state index contributed by atoms with van der Waals surface area (Å²) in [4.78, 5) is 25.9. The molecular formula is C11H12ClN3O3. The molecule has 1 amide bonds. The summed E-state index contributed by atoms with van der Waals surface area (Å²) in [5, 5.41) is 13.4. The average Bonchev–Trinajstić information content (AvgIpc) is 2.81. The Labute approximate surface area is 109 Å². The van der Waals surface area contributed by atoms with Gasteiger partial charge in [-0.1, -0.05) is 24.4 Å². The fourth-order valence-corrected chi connectivity index (χ4v) is 2.22. The summed E-state index contributed by atoms with van der Waals surface area (Å²) in [5.74, 6) is -0.375. The van der Waals surface area contributed by atoms with Crippen molar-refractivity contribution in [2.24, 2.45) is 5.92 Å². The highest BCUT2D eigenvalue weighted by Gasteiger charge is 2.25. The number of nitrogens with one attached hydrogen (secondary N) is 1. The molecule has 0 bridgehead atoms. The smallest absolute Gasteiger partial charge is 0.305 e. The highest BCUT2D eigenvalue weighted by atomic mass is 35.5. The largest absolute Gasteiger partial charge is 0.311 e. The molecule has 1 aliphatic carbocycles. The Morgan fingerprint density at radius 1 is 1.44 bits per heavy atom. The lowest BCUT2D eigenvalue weighted by molar-refractivity contribution is -0.384. The number of amides is 1. The van der Waals surface area contributed by atoms with Gasteiger partial charge in [0.05, 0.1) is 4.92 Å². The molecule has 1 saturated carbocycles. The molecule has 7 heteroatoms. The van der Waals surface area contributed by atoms with Crippen molar-refractivity contribution in [1.29, 1.82) is 0 Å². The van der Waals surface area contributed by atoms with Crippen molar-refractivity contribution in [3.8, 4) is 0 Å². The number of hydrogen-bond donors (Lipinski definition) is 1. The molecular weight excluding hydrogens is 258 g/mol. The van der Waals surface area contributed by atoms with Crippen LogP contribution in [0.5, 0.6) is 0 Å². The number of nitro groups is 1. The molecule has 1 fully saturated rings. The summed E-state index contributed by atoms with van der Waals surface area (Å²) in [7, 11) is 0. The highest BCUT2D eigenvalue weighted by Crippen LogP contribution is 2.28. The number of nitrogens with zero attached hydrogens (tertiary/aromatic N) is 2. The molecule has 0 spiro atoms. The maximum Gasteiger partial charge on any atom is 0.311 e. The van der Waals surface area contributed by atoms with E-state index in [0.717, 1.165) is 25.7 Å². The molecule has 1 heterocycles. The molecule has 6 nitrogen and oxygen atoms in total. The Bertz CT molecular complexity index is 486. The lowest BCUT2D eigenvalue weighted by atomic mass is 10.1. The van der Waals surface area contributed by atoms with Crippen molar-refractivity contribution in [2.45, 2.75) is 25.7 Å². The third-order valence-electron chi connectivity index (χ3n) is 3.00. The Morgan fingerprint density at radius 3 is 2.72 bits per heavy atom. The minimum absolute atomic E-state index is 0.0783. The molecule has 0 aliphatic heterocycles. The zero-order chi connectivity index (χ0) is 13.1. The van der Waals surface area contributed by atoms with Crippen LogP contribution in [0.4, 0.5) is 11.5 Å². The Hall–Kier alpha value is -1.69. The first-order valence-corrected chi connectivity index (χ1v) is 6.07. The molecule has 0 aromatic carbocycles. The molecule has 0 atom stereocenters. The first kappa shape index (κ1) is 12.8. The summed E-state index contributed by atoms with van der Waals surface area (Å²) in [6.07, 6.45) is 3.67. The van der Waals surface area contributed by atoms with Crippen LogP contribution in [0.1, 0.15) is 25.7 Å². The Kier molecular flexibility index (Phi) is 3.76. The Balaban J connectivity index is 2.19. The average molecular weight is 270 g/mol. The van der Waals surface area contributed by atoms with Crippen LogP contribution < -0.4 is 5.32 Å². The number of rotatable bonds is 3. The van der Waals surface area contributed by atoms with Crippen LogP contribution in [0, 0.1) is 16.0 Å². The zero-order valence-electron chi connectivity index (χ0n) is 9.56. The monoisotopic (exact) mass is 269 g/mol. The number of aromatic nitrogens is 1. The van der Waals surface area contributed by atoms with Crippen LogP contribution in [-0.2, 0) is 4.79 Å². The zero-order valence-corrected chi connectivity index (χ0v) is 10.3. The van der Waals surface area contributed by atoms with Crippen LogP contribution in [0.2, 0.25) is 5.15 Å². The van der Waals surface area contributed by atoms with Crippen LogP contribution in [0.15, 0.2) is 12.1 Å². The van der Waals surface area contributed by atoms with E-state index >= 15 is 0 Å².